The number of rotatable bonds is 9. The van der Waals surface area contributed by atoms with Crippen molar-refractivity contribution in [2.24, 2.45) is 4.99 Å². The zero-order valence-corrected chi connectivity index (χ0v) is 19.9. The number of imidazole rings is 1. The Bertz CT molecular complexity index is 894. The van der Waals surface area contributed by atoms with Gasteiger partial charge in [-0.25, -0.2) is 9.98 Å². The SMILES string of the molecule is CCNC(=NCc1cccc(Cn2ccnc2)c1)NCCc1ccc(OC)cc1.I. The monoisotopic (exact) mass is 519 g/mol. The van der Waals surface area contributed by atoms with Crippen LogP contribution in [0.3, 0.4) is 0 Å². The molecule has 0 aliphatic carbocycles. The molecule has 0 atom stereocenters. The summed E-state index contributed by atoms with van der Waals surface area (Å²) in [5, 5.41) is 6.73. The van der Waals surface area contributed by atoms with Gasteiger partial charge < -0.3 is 19.9 Å². The smallest absolute Gasteiger partial charge is 0.191 e. The number of nitrogens with one attached hydrogen (secondary N) is 2. The summed E-state index contributed by atoms with van der Waals surface area (Å²) in [6.45, 7) is 5.17. The third-order valence-electron chi connectivity index (χ3n) is 4.54. The lowest BCUT2D eigenvalue weighted by atomic mass is 10.1. The summed E-state index contributed by atoms with van der Waals surface area (Å²) in [6.07, 6.45) is 6.53. The van der Waals surface area contributed by atoms with Gasteiger partial charge in [-0.3, -0.25) is 0 Å². The summed E-state index contributed by atoms with van der Waals surface area (Å²) in [7, 11) is 1.68. The lowest BCUT2D eigenvalue weighted by Crippen LogP contribution is -2.38. The summed E-state index contributed by atoms with van der Waals surface area (Å²) >= 11 is 0. The van der Waals surface area contributed by atoms with Crippen molar-refractivity contribution < 1.29 is 4.74 Å². The first-order valence-electron chi connectivity index (χ1n) is 9.95. The Morgan fingerprint density at radius 2 is 1.87 bits per heavy atom. The van der Waals surface area contributed by atoms with Crippen molar-refractivity contribution >= 4 is 29.9 Å². The van der Waals surface area contributed by atoms with E-state index < -0.39 is 0 Å². The maximum atomic E-state index is 5.21. The predicted octanol–water partition coefficient (Wildman–Crippen LogP) is 3.86. The molecular weight excluding hydrogens is 489 g/mol. The number of halogens is 1. The first-order valence-corrected chi connectivity index (χ1v) is 9.95. The molecule has 30 heavy (non-hydrogen) atoms. The molecule has 0 spiro atoms. The number of benzene rings is 2. The Labute approximate surface area is 195 Å². The highest BCUT2D eigenvalue weighted by molar-refractivity contribution is 14.0. The molecule has 0 aliphatic rings. The highest BCUT2D eigenvalue weighted by Gasteiger charge is 2.01. The average Bonchev–Trinajstić information content (AvgIpc) is 3.26. The van der Waals surface area contributed by atoms with E-state index in [0.29, 0.717) is 6.54 Å². The number of hydrogen-bond donors (Lipinski definition) is 2. The summed E-state index contributed by atoms with van der Waals surface area (Å²) in [5.74, 6) is 1.72. The third kappa shape index (κ3) is 7.70. The number of methoxy groups -OCH3 is 1. The minimum Gasteiger partial charge on any atom is -0.497 e. The van der Waals surface area contributed by atoms with Crippen LogP contribution < -0.4 is 15.4 Å². The number of ether oxygens (including phenoxy) is 1. The van der Waals surface area contributed by atoms with Gasteiger partial charge in [0, 0.05) is 32.0 Å². The molecule has 0 amide bonds. The van der Waals surface area contributed by atoms with E-state index >= 15 is 0 Å². The van der Waals surface area contributed by atoms with Crippen LogP contribution in [0, 0.1) is 0 Å². The molecule has 2 aromatic carbocycles. The van der Waals surface area contributed by atoms with Crippen LogP contribution in [0.1, 0.15) is 23.6 Å². The van der Waals surface area contributed by atoms with Crippen LogP contribution in [-0.2, 0) is 19.5 Å². The van der Waals surface area contributed by atoms with Gasteiger partial charge in [-0.05, 0) is 42.2 Å². The standard InChI is InChI=1S/C23H29N5O.HI/c1-3-25-23(26-12-11-19-7-9-22(29-2)10-8-19)27-16-20-5-4-6-21(15-20)17-28-14-13-24-18-28;/h4-10,13-15,18H,3,11-12,16-17H2,1-2H3,(H2,25,26,27);1H. The zero-order chi connectivity index (χ0) is 20.3. The topological polar surface area (TPSA) is 63.5 Å². The molecule has 2 N–H and O–H groups in total. The molecule has 0 radical (unpaired) electrons. The highest BCUT2D eigenvalue weighted by Crippen LogP contribution is 2.11. The van der Waals surface area contributed by atoms with Gasteiger partial charge in [0.1, 0.15) is 5.75 Å². The van der Waals surface area contributed by atoms with Crippen LogP contribution in [0.25, 0.3) is 0 Å². The van der Waals surface area contributed by atoms with Gasteiger partial charge in [0.15, 0.2) is 5.96 Å². The second-order valence-electron chi connectivity index (χ2n) is 6.77. The molecule has 0 fully saturated rings. The molecule has 3 rings (SSSR count). The van der Waals surface area contributed by atoms with E-state index in [-0.39, 0.29) is 24.0 Å². The lowest BCUT2D eigenvalue weighted by Gasteiger charge is -2.12. The van der Waals surface area contributed by atoms with Crippen LogP contribution in [0.4, 0.5) is 0 Å². The minimum absolute atomic E-state index is 0. The second kappa shape index (κ2) is 12.9. The summed E-state index contributed by atoms with van der Waals surface area (Å²) in [5.41, 5.74) is 3.70. The largest absolute Gasteiger partial charge is 0.497 e. The summed E-state index contributed by atoms with van der Waals surface area (Å²) in [4.78, 5) is 8.83. The zero-order valence-electron chi connectivity index (χ0n) is 17.5. The fourth-order valence-corrected chi connectivity index (χ4v) is 3.05. The molecule has 0 aliphatic heterocycles. The van der Waals surface area contributed by atoms with Crippen LogP contribution in [0.5, 0.6) is 5.75 Å². The first kappa shape index (κ1) is 23.7. The fraction of sp³-hybridized carbons (Fsp3) is 0.304. The molecule has 0 saturated carbocycles. The molecule has 0 bridgehead atoms. The maximum Gasteiger partial charge on any atom is 0.191 e. The van der Waals surface area contributed by atoms with Gasteiger partial charge in [-0.1, -0.05) is 36.4 Å². The third-order valence-corrected chi connectivity index (χ3v) is 4.54. The Hall–Kier alpha value is -2.55. The van der Waals surface area contributed by atoms with E-state index in [1.54, 1.807) is 13.3 Å². The molecule has 7 heteroatoms. The van der Waals surface area contributed by atoms with Gasteiger partial charge in [0.05, 0.1) is 20.0 Å². The van der Waals surface area contributed by atoms with E-state index in [4.69, 9.17) is 9.73 Å². The molecule has 1 aromatic heterocycles. The van der Waals surface area contributed by atoms with E-state index in [1.165, 1.54) is 16.7 Å². The lowest BCUT2D eigenvalue weighted by molar-refractivity contribution is 0.414. The van der Waals surface area contributed by atoms with E-state index in [0.717, 1.165) is 37.8 Å². The van der Waals surface area contributed by atoms with E-state index in [1.807, 2.05) is 24.7 Å². The highest BCUT2D eigenvalue weighted by atomic mass is 127. The first-order chi connectivity index (χ1) is 14.3. The fourth-order valence-electron chi connectivity index (χ4n) is 3.05. The molecule has 3 aromatic rings. The van der Waals surface area contributed by atoms with E-state index in [2.05, 4.69) is 63.5 Å². The Morgan fingerprint density at radius 3 is 2.57 bits per heavy atom. The maximum absolute atomic E-state index is 5.21. The normalized spacial score (nSPS) is 10.9. The van der Waals surface area contributed by atoms with Gasteiger partial charge in [-0.2, -0.15) is 0 Å². The number of nitrogens with zero attached hydrogens (tertiary/aromatic N) is 3. The van der Waals surface area contributed by atoms with Crippen molar-refractivity contribution in [2.45, 2.75) is 26.4 Å². The van der Waals surface area contributed by atoms with Crippen LogP contribution in [0.15, 0.2) is 72.2 Å². The van der Waals surface area contributed by atoms with Gasteiger partial charge in [0.25, 0.3) is 0 Å². The van der Waals surface area contributed by atoms with Crippen molar-refractivity contribution in [3.63, 3.8) is 0 Å². The van der Waals surface area contributed by atoms with Gasteiger partial charge >= 0.3 is 0 Å². The van der Waals surface area contributed by atoms with E-state index in [9.17, 15) is 0 Å². The molecular formula is C23H30IN5O. The quantitative estimate of drug-likeness (QED) is 0.256. The Kier molecular flexibility index (Phi) is 10.2. The minimum atomic E-state index is 0. The number of guanidine groups is 1. The van der Waals surface area contributed by atoms with Gasteiger partial charge in [-0.15, -0.1) is 24.0 Å². The van der Waals surface area contributed by atoms with Crippen molar-refractivity contribution in [3.8, 4) is 5.75 Å². The van der Waals surface area contributed by atoms with Crippen molar-refractivity contribution in [1.29, 1.82) is 0 Å². The number of aromatic nitrogens is 2. The molecule has 0 saturated heterocycles. The van der Waals surface area contributed by atoms with Crippen LogP contribution >= 0.6 is 24.0 Å². The van der Waals surface area contributed by atoms with Crippen LogP contribution in [0.2, 0.25) is 0 Å². The average molecular weight is 519 g/mol. The molecule has 160 valence electrons. The Morgan fingerprint density at radius 1 is 1.07 bits per heavy atom. The summed E-state index contributed by atoms with van der Waals surface area (Å²) < 4.78 is 7.27. The van der Waals surface area contributed by atoms with Crippen molar-refractivity contribution in [1.82, 2.24) is 20.2 Å². The molecule has 1 heterocycles. The molecule has 0 unspecified atom stereocenters. The van der Waals surface area contributed by atoms with Gasteiger partial charge in [0.2, 0.25) is 0 Å². The Balaban J connectivity index is 0.00000320. The molecule has 6 nitrogen and oxygen atoms in total. The van der Waals surface area contributed by atoms with Crippen molar-refractivity contribution in [3.05, 3.63) is 83.9 Å². The summed E-state index contributed by atoms with van der Waals surface area (Å²) in [6, 6.07) is 16.7. The predicted molar refractivity (Wildman–Crippen MR) is 133 cm³/mol. The number of hydrogen-bond acceptors (Lipinski definition) is 3. The number of aliphatic imine (C=N–C) groups is 1. The second-order valence-corrected chi connectivity index (χ2v) is 6.77. The van der Waals surface area contributed by atoms with Crippen molar-refractivity contribution in [2.75, 3.05) is 20.2 Å². The van der Waals surface area contributed by atoms with Crippen LogP contribution in [-0.4, -0.2) is 35.7 Å².